The fraction of sp³-hybridized carbons (Fsp3) is 0.688. The highest BCUT2D eigenvalue weighted by Gasteiger charge is 2.44. The van der Waals surface area contributed by atoms with E-state index in [4.69, 9.17) is 9.47 Å². The maximum Gasteiger partial charge on any atom is 0.330 e. The van der Waals surface area contributed by atoms with Crippen LogP contribution in [0.4, 0.5) is 0 Å². The van der Waals surface area contributed by atoms with E-state index < -0.39 is 82.3 Å². The number of ether oxygens (including phenoxy) is 2. The minimum Gasteiger partial charge on any atom is -0.756 e. The summed E-state index contributed by atoms with van der Waals surface area (Å²) in [5.41, 5.74) is -1.29. The fourth-order valence-electron chi connectivity index (χ4n) is 3.29. The van der Waals surface area contributed by atoms with Crippen molar-refractivity contribution in [3.8, 4) is 0 Å². The predicted molar refractivity (Wildman–Crippen MR) is 105 cm³/mol. The van der Waals surface area contributed by atoms with Crippen LogP contribution >= 0.6 is 15.6 Å². The summed E-state index contributed by atoms with van der Waals surface area (Å²) in [6.07, 6.45) is -10.5. The maximum absolute atomic E-state index is 12.0. The van der Waals surface area contributed by atoms with E-state index in [1.165, 1.54) is 13.1 Å². The molecule has 17 nitrogen and oxygen atoms in total. The van der Waals surface area contributed by atoms with Gasteiger partial charge in [0.25, 0.3) is 21.2 Å². The Morgan fingerprint density at radius 2 is 1.83 bits per heavy atom. The maximum atomic E-state index is 12.0. The third-order valence-corrected chi connectivity index (χ3v) is 7.65. The standard InChI is InChI=1S/C16H24N2O15P2/c1-6-4-18(16(24)17-14(6)23)10-3-8(19)9(31-10)5-29-34(25,26)33-35(27,28)32-15-13(22)12(21)11(20)7(2)30-15/h4,7-10,12-13,15,19,21-22H,3,5H2,1-2H3,(H,25,26)(H,27,28)(H,17,23,24)/p-2/t7-,8+,9-,10-,12+,13-,15-/m1/s1. The molecule has 1 aromatic rings. The van der Waals surface area contributed by atoms with Crippen molar-refractivity contribution in [2.45, 2.75) is 63.3 Å². The SMILES string of the molecule is Cc1cn([C@H]2C[C@H](O)[C@@H](COP(=O)([O-])OP(=O)([O-])O[C@H]3O[C@H](C)C(=O)[C@H](O)[C@H]3O)O2)c(=O)[nH]c1=O. The lowest BCUT2D eigenvalue weighted by Crippen LogP contribution is -2.54. The van der Waals surface area contributed by atoms with Gasteiger partial charge in [0.2, 0.25) is 0 Å². The predicted octanol–water partition coefficient (Wildman–Crippen LogP) is -3.48. The Hall–Kier alpha value is -1.59. The molecule has 0 aliphatic carbocycles. The van der Waals surface area contributed by atoms with E-state index in [0.29, 0.717) is 0 Å². The summed E-state index contributed by atoms with van der Waals surface area (Å²) in [5.74, 6) is -0.954. The number of phosphoric acid groups is 2. The summed E-state index contributed by atoms with van der Waals surface area (Å²) in [4.78, 5) is 61.0. The molecule has 198 valence electrons. The third-order valence-electron chi connectivity index (χ3n) is 5.12. The zero-order valence-corrected chi connectivity index (χ0v) is 19.9. The van der Waals surface area contributed by atoms with Gasteiger partial charge in [-0.3, -0.25) is 32.8 Å². The van der Waals surface area contributed by atoms with E-state index in [1.54, 1.807) is 0 Å². The van der Waals surface area contributed by atoms with Crippen LogP contribution in [0.2, 0.25) is 0 Å². The van der Waals surface area contributed by atoms with Crippen LogP contribution in [0.15, 0.2) is 15.8 Å². The molecule has 2 aliphatic rings. The highest BCUT2D eigenvalue weighted by atomic mass is 31.3. The first-order valence-electron chi connectivity index (χ1n) is 9.97. The van der Waals surface area contributed by atoms with Crippen molar-refractivity contribution in [3.05, 3.63) is 32.6 Å². The van der Waals surface area contributed by atoms with Crippen molar-refractivity contribution >= 4 is 21.4 Å². The largest absolute Gasteiger partial charge is 0.756 e. The molecule has 0 amide bonds. The van der Waals surface area contributed by atoms with Gasteiger partial charge < -0.3 is 39.1 Å². The van der Waals surface area contributed by atoms with E-state index in [0.717, 1.165) is 11.5 Å². The van der Waals surface area contributed by atoms with Gasteiger partial charge in [-0.1, -0.05) is 0 Å². The molecule has 0 saturated carbocycles. The van der Waals surface area contributed by atoms with Crippen molar-refractivity contribution in [1.29, 1.82) is 0 Å². The minimum atomic E-state index is -5.79. The number of nitrogens with one attached hydrogen (secondary N) is 1. The summed E-state index contributed by atoms with van der Waals surface area (Å²) in [6, 6.07) is 0. The van der Waals surface area contributed by atoms with E-state index in [-0.39, 0.29) is 12.0 Å². The van der Waals surface area contributed by atoms with Gasteiger partial charge in [0.05, 0.1) is 12.7 Å². The number of phosphoric ester groups is 2. The van der Waals surface area contributed by atoms with Crippen LogP contribution in [0.1, 0.15) is 25.1 Å². The number of H-pyrrole nitrogens is 1. The van der Waals surface area contributed by atoms with Gasteiger partial charge in [-0.15, -0.1) is 0 Å². The molecule has 0 spiro atoms. The minimum absolute atomic E-state index is 0.171. The first kappa shape index (κ1) is 28.0. The molecule has 3 rings (SSSR count). The van der Waals surface area contributed by atoms with Gasteiger partial charge in [-0.25, -0.2) is 9.11 Å². The average Bonchev–Trinajstić information content (AvgIpc) is 3.11. The summed E-state index contributed by atoms with van der Waals surface area (Å²) in [6.45, 7) is 1.63. The molecule has 2 fully saturated rings. The van der Waals surface area contributed by atoms with Crippen LogP contribution in [0, 0.1) is 6.92 Å². The molecule has 2 unspecified atom stereocenters. The first-order valence-corrected chi connectivity index (χ1v) is 12.9. The second-order valence-corrected chi connectivity index (χ2v) is 10.7. The Morgan fingerprint density at radius 1 is 1.17 bits per heavy atom. The monoisotopic (exact) mass is 544 g/mol. The average molecular weight is 544 g/mol. The van der Waals surface area contributed by atoms with Crippen molar-refractivity contribution in [3.63, 3.8) is 0 Å². The van der Waals surface area contributed by atoms with E-state index >= 15 is 0 Å². The highest BCUT2D eigenvalue weighted by molar-refractivity contribution is 7.59. The highest BCUT2D eigenvalue weighted by Crippen LogP contribution is 2.56. The molecular formula is C16H22N2O15P2-2. The number of carbonyl (C=O) groups is 1. The summed E-state index contributed by atoms with van der Waals surface area (Å²) in [7, 11) is -11.4. The molecule has 9 atom stereocenters. The lowest BCUT2D eigenvalue weighted by molar-refractivity contribution is -0.276. The Bertz CT molecular complexity index is 1170. The van der Waals surface area contributed by atoms with Crippen LogP contribution in [-0.4, -0.2) is 74.1 Å². The quantitative estimate of drug-likeness (QED) is 0.232. The number of aryl methyl sites for hydroxylation is 1. The van der Waals surface area contributed by atoms with E-state index in [9.17, 15) is 48.6 Å². The number of aromatic nitrogens is 2. The number of carbonyl (C=O) groups excluding carboxylic acids is 1. The molecule has 35 heavy (non-hydrogen) atoms. The van der Waals surface area contributed by atoms with Crippen LogP contribution < -0.4 is 21.0 Å². The van der Waals surface area contributed by atoms with Crippen LogP contribution in [0.25, 0.3) is 0 Å². The number of Topliss-reactive ketones (excluding diaryl/α,β-unsaturated/α-hetero) is 1. The molecule has 0 bridgehead atoms. The van der Waals surface area contributed by atoms with Crippen LogP contribution in [0.3, 0.4) is 0 Å². The van der Waals surface area contributed by atoms with E-state index in [1.807, 2.05) is 4.98 Å². The number of rotatable bonds is 8. The molecule has 3 heterocycles. The van der Waals surface area contributed by atoms with Gasteiger partial charge in [0, 0.05) is 18.2 Å². The van der Waals surface area contributed by atoms with E-state index in [2.05, 4.69) is 13.4 Å². The molecule has 0 radical (unpaired) electrons. The Kier molecular flexibility index (Phi) is 8.33. The van der Waals surface area contributed by atoms with Gasteiger partial charge in [0.1, 0.15) is 30.6 Å². The second-order valence-electron chi connectivity index (χ2n) is 7.77. The topological polar surface area (TPSA) is 259 Å². The van der Waals surface area contributed by atoms with Crippen LogP contribution in [0.5, 0.6) is 0 Å². The molecule has 1 aromatic heterocycles. The van der Waals surface area contributed by atoms with Gasteiger partial charge >= 0.3 is 5.69 Å². The summed E-state index contributed by atoms with van der Waals surface area (Å²) >= 11 is 0. The molecule has 19 heteroatoms. The van der Waals surface area contributed by atoms with Gasteiger partial charge in [-0.2, -0.15) is 0 Å². The fourth-order valence-corrected chi connectivity index (χ4v) is 5.37. The first-order chi connectivity index (χ1) is 16.1. The second kappa shape index (κ2) is 10.4. The van der Waals surface area contributed by atoms with Gasteiger partial charge in [-0.05, 0) is 13.8 Å². The molecule has 2 saturated heterocycles. The van der Waals surface area contributed by atoms with Crippen LogP contribution in [-0.2, 0) is 36.8 Å². The molecule has 0 aromatic carbocycles. The summed E-state index contributed by atoms with van der Waals surface area (Å²) < 4.78 is 47.8. The number of hydrogen-bond donors (Lipinski definition) is 4. The summed E-state index contributed by atoms with van der Waals surface area (Å²) in [5, 5.41) is 29.4. The van der Waals surface area contributed by atoms with Crippen molar-refractivity contribution < 1.29 is 61.9 Å². The number of aliphatic hydroxyl groups is 3. The van der Waals surface area contributed by atoms with Gasteiger partial charge in [0.15, 0.2) is 12.1 Å². The molecule has 2 aliphatic heterocycles. The Morgan fingerprint density at radius 3 is 2.49 bits per heavy atom. The molecule has 4 N–H and O–H groups in total. The van der Waals surface area contributed by atoms with Crippen molar-refractivity contribution in [2.24, 2.45) is 0 Å². The van der Waals surface area contributed by atoms with Crippen molar-refractivity contribution in [1.82, 2.24) is 9.55 Å². The number of aliphatic hydroxyl groups excluding tert-OH is 3. The number of nitrogens with zero attached hydrogens (tertiary/aromatic N) is 1. The third kappa shape index (κ3) is 6.60. The lowest BCUT2D eigenvalue weighted by atomic mass is 10.0. The number of hydrogen-bond acceptors (Lipinski definition) is 15. The zero-order valence-electron chi connectivity index (χ0n) is 18.1. The zero-order chi connectivity index (χ0) is 26.3. The Balaban J connectivity index is 1.59. The lowest BCUT2D eigenvalue weighted by Gasteiger charge is -2.38. The smallest absolute Gasteiger partial charge is 0.330 e. The number of ketones is 1. The normalized spacial score (nSPS) is 34.9. The van der Waals surface area contributed by atoms with Crippen molar-refractivity contribution in [2.75, 3.05) is 6.61 Å². The molecular weight excluding hydrogens is 522 g/mol. The Labute approximate surface area is 196 Å². The number of aromatic amines is 1.